The molecule has 3 aliphatic heterocycles. The number of rotatable bonds is 12. The number of nitrogens with zero attached hydrogens (tertiary/aromatic N) is 5. The van der Waals surface area contributed by atoms with Gasteiger partial charge >= 0.3 is 0 Å². The Balaban J connectivity index is 0.929. The van der Waals surface area contributed by atoms with Gasteiger partial charge in [0.15, 0.2) is 0 Å². The van der Waals surface area contributed by atoms with E-state index in [1.807, 2.05) is 24.3 Å². The van der Waals surface area contributed by atoms with Crippen LogP contribution in [0.3, 0.4) is 0 Å². The summed E-state index contributed by atoms with van der Waals surface area (Å²) < 4.78 is 41.8. The Bertz CT molecular complexity index is 2660. The molecule has 1 atom stereocenters. The number of fused-ring (bicyclic) bond motifs is 2. The number of H-pyrrole nitrogens is 1. The monoisotopic (exact) mass is 893 g/mol. The molecule has 3 aromatic carbocycles. The number of hydrogen-bond acceptors (Lipinski definition) is 13. The first-order chi connectivity index (χ1) is 30.4. The largest absolute Gasteiger partial charge is 0.455 e. The average molecular weight is 894 g/mol. The number of nitroso groups, excluding NO2 is 1. The lowest BCUT2D eigenvalue weighted by Crippen LogP contribution is -2.47. The Kier molecular flexibility index (Phi) is 12.2. The Morgan fingerprint density at radius 3 is 2.57 bits per heavy atom. The minimum Gasteiger partial charge on any atom is -0.455 e. The van der Waals surface area contributed by atoms with Gasteiger partial charge in [0.05, 0.1) is 47.3 Å². The Morgan fingerprint density at radius 1 is 1.00 bits per heavy atom. The highest BCUT2D eigenvalue weighted by molar-refractivity contribution is 7.90. The number of hydrogen-bond donors (Lipinski definition) is 4. The van der Waals surface area contributed by atoms with E-state index in [9.17, 15) is 18.1 Å². The van der Waals surface area contributed by atoms with E-state index in [1.54, 1.807) is 30.6 Å². The van der Waals surface area contributed by atoms with E-state index >= 15 is 0 Å². The van der Waals surface area contributed by atoms with Crippen molar-refractivity contribution < 1.29 is 22.7 Å². The van der Waals surface area contributed by atoms with E-state index in [1.165, 1.54) is 28.8 Å². The van der Waals surface area contributed by atoms with Crippen LogP contribution >= 0.6 is 11.6 Å². The third-order valence-corrected chi connectivity index (χ3v) is 14.1. The van der Waals surface area contributed by atoms with Crippen molar-refractivity contribution in [3.63, 3.8) is 0 Å². The van der Waals surface area contributed by atoms with Crippen LogP contribution in [0.2, 0.25) is 5.02 Å². The van der Waals surface area contributed by atoms with Gasteiger partial charge in [-0.1, -0.05) is 43.2 Å². The number of morpholine rings is 1. The van der Waals surface area contributed by atoms with E-state index in [0.29, 0.717) is 49.1 Å². The van der Waals surface area contributed by atoms with Crippen molar-refractivity contribution in [2.75, 3.05) is 87.7 Å². The van der Waals surface area contributed by atoms with Gasteiger partial charge in [0.1, 0.15) is 22.8 Å². The number of halogens is 1. The Labute approximate surface area is 372 Å². The van der Waals surface area contributed by atoms with Crippen molar-refractivity contribution in [3.8, 4) is 11.5 Å². The van der Waals surface area contributed by atoms with Crippen molar-refractivity contribution in [2.24, 2.45) is 10.6 Å². The summed E-state index contributed by atoms with van der Waals surface area (Å²) in [5.74, 6) is -0.351. The minimum absolute atomic E-state index is 0.00876. The number of anilines is 3. The highest BCUT2D eigenvalue weighted by Gasteiger charge is 2.31. The Hall–Kier alpha value is -5.52. The summed E-state index contributed by atoms with van der Waals surface area (Å²) in [6.45, 7) is 12.9. The first-order valence-electron chi connectivity index (χ1n) is 21.5. The molecule has 1 amide bonds. The molecule has 5 aromatic rings. The molecule has 63 heavy (non-hydrogen) atoms. The van der Waals surface area contributed by atoms with E-state index in [4.69, 9.17) is 21.1 Å². The van der Waals surface area contributed by atoms with E-state index < -0.39 is 15.9 Å². The fourth-order valence-corrected chi connectivity index (χ4v) is 10.2. The van der Waals surface area contributed by atoms with Crippen molar-refractivity contribution in [2.45, 2.75) is 44.0 Å². The molecule has 0 unspecified atom stereocenters. The number of aromatic nitrogens is 2. The van der Waals surface area contributed by atoms with Gasteiger partial charge in [-0.25, -0.2) is 18.1 Å². The summed E-state index contributed by atoms with van der Waals surface area (Å²) in [7, 11) is -4.49. The molecule has 0 bridgehead atoms. The quantitative estimate of drug-likeness (QED) is 0.0896. The van der Waals surface area contributed by atoms with Crippen molar-refractivity contribution in [1.82, 2.24) is 24.5 Å². The van der Waals surface area contributed by atoms with Gasteiger partial charge < -0.3 is 30.0 Å². The predicted octanol–water partition coefficient (Wildman–Crippen LogP) is 7.85. The van der Waals surface area contributed by atoms with Gasteiger partial charge in [0.2, 0.25) is 0 Å². The van der Waals surface area contributed by atoms with E-state index in [-0.39, 0.29) is 33.4 Å². The van der Waals surface area contributed by atoms with Gasteiger partial charge in [-0.2, -0.15) is 0 Å². The van der Waals surface area contributed by atoms with Crippen LogP contribution in [-0.2, 0) is 14.8 Å². The summed E-state index contributed by atoms with van der Waals surface area (Å²) in [5, 5.41) is 11.3. The van der Waals surface area contributed by atoms with E-state index in [0.717, 1.165) is 81.2 Å². The molecule has 2 aromatic heterocycles. The summed E-state index contributed by atoms with van der Waals surface area (Å²) in [6, 6.07) is 19.6. The second-order valence-electron chi connectivity index (χ2n) is 17.6. The first kappa shape index (κ1) is 42.8. The van der Waals surface area contributed by atoms with Gasteiger partial charge in [-0.15, -0.1) is 4.91 Å². The van der Waals surface area contributed by atoms with Crippen LogP contribution in [0.1, 0.15) is 49.0 Å². The second-order valence-corrected chi connectivity index (χ2v) is 19.7. The summed E-state index contributed by atoms with van der Waals surface area (Å²) in [4.78, 5) is 40.4. The number of amides is 1. The first-order valence-corrected chi connectivity index (χ1v) is 23.3. The number of carbonyl (C=O) groups excluding carboxylic acids is 1. The van der Waals surface area contributed by atoms with Crippen LogP contribution in [0.5, 0.6) is 11.5 Å². The zero-order valence-electron chi connectivity index (χ0n) is 35.5. The number of sulfonamides is 1. The van der Waals surface area contributed by atoms with Crippen molar-refractivity contribution in [1.29, 1.82) is 0 Å². The molecule has 5 heterocycles. The minimum atomic E-state index is -4.49. The molecule has 2 fully saturated rings. The molecule has 9 rings (SSSR count). The van der Waals surface area contributed by atoms with Gasteiger partial charge in [-0.3, -0.25) is 14.6 Å². The number of piperazine rings is 1. The van der Waals surface area contributed by atoms with Gasteiger partial charge in [-0.05, 0) is 89.5 Å². The lowest BCUT2D eigenvalue weighted by molar-refractivity contribution is 0.0365. The molecule has 1 aliphatic carbocycles. The molecule has 4 N–H and O–H groups in total. The highest BCUT2D eigenvalue weighted by Crippen LogP contribution is 2.44. The van der Waals surface area contributed by atoms with Crippen LogP contribution in [-0.4, -0.2) is 112 Å². The zero-order valence-corrected chi connectivity index (χ0v) is 37.0. The predicted molar refractivity (Wildman–Crippen MR) is 247 cm³/mol. The smallest absolute Gasteiger partial charge is 0.268 e. The van der Waals surface area contributed by atoms with Crippen molar-refractivity contribution >= 4 is 66.9 Å². The average Bonchev–Trinajstić information content (AvgIpc) is 3.75. The number of allylic oxidation sites excluding steroid dienone is 1. The molecule has 15 nitrogen and oxygen atoms in total. The summed E-state index contributed by atoms with van der Waals surface area (Å²) in [6.07, 6.45) is 6.55. The van der Waals surface area contributed by atoms with Crippen molar-refractivity contribution in [3.05, 3.63) is 106 Å². The summed E-state index contributed by atoms with van der Waals surface area (Å²) in [5.41, 5.74) is 6.63. The lowest BCUT2D eigenvalue weighted by atomic mass is 9.72. The standard InChI is InChI=1S/C46H52ClN9O6S/c1-46(2)11-9-32(39(25-46)30-3-5-33(47)6-4-30)28-54-13-15-56(16-14-54)35-7-8-38(42(22-35)62-36-21-31-10-12-48-44(31)50-27-36)45(57)53-63(59,60)37-23-40-43(41(24-37)52-58)51-34(26-49-40)29-55-17-19-61-20-18-55/h3-8,10,12,21-24,27,34,49,51H,9,11,13-20,25-26,28-29H2,1-2H3,(H,48,50)(H,53,57)/t34-/m0/s1. The molecule has 2 saturated heterocycles. The molecular weight excluding hydrogens is 842 g/mol. The van der Waals surface area contributed by atoms with Crippen LogP contribution in [0, 0.1) is 10.3 Å². The normalized spacial score (nSPS) is 19.5. The highest BCUT2D eigenvalue weighted by atomic mass is 35.5. The Morgan fingerprint density at radius 2 is 1.79 bits per heavy atom. The molecule has 330 valence electrons. The zero-order chi connectivity index (χ0) is 43.7. The van der Waals surface area contributed by atoms with Gasteiger partial charge in [0.25, 0.3) is 15.9 Å². The van der Waals surface area contributed by atoms with Crippen LogP contribution in [0.25, 0.3) is 16.6 Å². The molecule has 4 aliphatic rings. The molecule has 17 heteroatoms. The lowest BCUT2D eigenvalue weighted by Gasteiger charge is -2.39. The van der Waals surface area contributed by atoms with Gasteiger partial charge in [0, 0.05) is 87.3 Å². The van der Waals surface area contributed by atoms with Crippen LogP contribution < -0.4 is 25.0 Å². The third kappa shape index (κ3) is 9.70. The number of carbonyl (C=O) groups is 1. The number of nitrogens with one attached hydrogen (secondary N) is 4. The fourth-order valence-electron chi connectivity index (χ4n) is 9.03. The van der Waals surface area contributed by atoms with Crippen LogP contribution in [0.4, 0.5) is 22.7 Å². The topological polar surface area (TPSA) is 174 Å². The summed E-state index contributed by atoms with van der Waals surface area (Å²) >= 11 is 6.25. The maximum atomic E-state index is 14.0. The third-order valence-electron chi connectivity index (χ3n) is 12.5. The molecule has 0 spiro atoms. The number of pyridine rings is 1. The number of benzene rings is 3. The fraction of sp³-hybridized carbons (Fsp3) is 0.391. The maximum absolute atomic E-state index is 14.0. The molecule has 0 radical (unpaired) electrons. The second kappa shape index (κ2) is 17.9. The molecule has 0 saturated carbocycles. The maximum Gasteiger partial charge on any atom is 0.268 e. The number of aromatic amines is 1. The molecular formula is C46H52ClN9O6S. The van der Waals surface area contributed by atoms with Crippen LogP contribution in [0.15, 0.2) is 94.8 Å². The SMILES string of the molecule is CC1(C)CCC(CN2CCN(c3ccc(C(=O)NS(=O)(=O)c4cc(N=O)c5c(c4)NC[C@@H](CN4CCOCC4)N5)c(Oc4cnc5[nH]ccc5c4)c3)CC2)=C(c2ccc(Cl)cc2)C1. The van der Waals surface area contributed by atoms with E-state index in [2.05, 4.69) is 71.2 Å². The number of ether oxygens (including phenoxy) is 2.